The second kappa shape index (κ2) is 6.78. The van der Waals surface area contributed by atoms with Crippen LogP contribution in [0.25, 0.3) is 11.0 Å². The summed E-state index contributed by atoms with van der Waals surface area (Å²) in [5.74, 6) is 1.80. The second-order valence-electron chi connectivity index (χ2n) is 6.26. The van der Waals surface area contributed by atoms with Crippen LogP contribution in [0.3, 0.4) is 0 Å². The van der Waals surface area contributed by atoms with Crippen LogP contribution < -0.4 is 10.4 Å². The van der Waals surface area contributed by atoms with Gasteiger partial charge < -0.3 is 13.9 Å². The zero-order valence-electron chi connectivity index (χ0n) is 13.7. The van der Waals surface area contributed by atoms with Crippen molar-refractivity contribution in [1.82, 2.24) is 4.90 Å². The first-order chi connectivity index (χ1) is 11.7. The van der Waals surface area contributed by atoms with Crippen molar-refractivity contribution in [2.45, 2.75) is 24.3 Å². The number of ether oxygens (including phenoxy) is 2. The highest BCUT2D eigenvalue weighted by molar-refractivity contribution is 8.00. The predicted molar refractivity (Wildman–Crippen MR) is 94.9 cm³/mol. The van der Waals surface area contributed by atoms with Gasteiger partial charge in [-0.05, 0) is 24.1 Å². The monoisotopic (exact) mass is 347 g/mol. The van der Waals surface area contributed by atoms with E-state index in [9.17, 15) is 4.79 Å². The highest BCUT2D eigenvalue weighted by Crippen LogP contribution is 2.32. The molecule has 0 amide bonds. The lowest BCUT2D eigenvalue weighted by molar-refractivity contribution is 0.0352. The molecule has 0 bridgehead atoms. The Morgan fingerprint density at radius 1 is 1.38 bits per heavy atom. The van der Waals surface area contributed by atoms with Crippen LogP contribution in [0.15, 0.2) is 33.5 Å². The second-order valence-corrected chi connectivity index (χ2v) is 7.61. The third-order valence-electron chi connectivity index (χ3n) is 4.86. The van der Waals surface area contributed by atoms with Gasteiger partial charge in [0.15, 0.2) is 0 Å². The van der Waals surface area contributed by atoms with E-state index in [2.05, 4.69) is 4.90 Å². The molecule has 2 aliphatic heterocycles. The molecule has 1 aromatic heterocycles. The Morgan fingerprint density at radius 3 is 3.17 bits per heavy atom. The Balaban J connectivity index is 1.67. The van der Waals surface area contributed by atoms with Gasteiger partial charge in [0.05, 0.1) is 13.7 Å². The molecule has 2 saturated heterocycles. The number of nitrogens with zero attached hydrogens (tertiary/aromatic N) is 1. The molecule has 128 valence electrons. The van der Waals surface area contributed by atoms with E-state index in [4.69, 9.17) is 13.9 Å². The minimum Gasteiger partial charge on any atom is -0.497 e. The fraction of sp³-hybridized carbons (Fsp3) is 0.500. The topological polar surface area (TPSA) is 51.9 Å². The number of benzene rings is 1. The summed E-state index contributed by atoms with van der Waals surface area (Å²) in [6.07, 6.45) is 1.06. The molecule has 0 saturated carbocycles. The summed E-state index contributed by atoms with van der Waals surface area (Å²) in [6.45, 7) is 3.48. The van der Waals surface area contributed by atoms with Gasteiger partial charge in [-0.1, -0.05) is 0 Å². The molecule has 3 heterocycles. The van der Waals surface area contributed by atoms with Crippen molar-refractivity contribution < 1.29 is 13.9 Å². The highest BCUT2D eigenvalue weighted by atomic mass is 32.2. The molecule has 2 aromatic rings. The predicted octanol–water partition coefficient (Wildman–Crippen LogP) is 2.51. The molecule has 2 fully saturated rings. The highest BCUT2D eigenvalue weighted by Gasteiger charge is 2.34. The molecule has 5 nitrogen and oxygen atoms in total. The number of rotatable bonds is 3. The van der Waals surface area contributed by atoms with Crippen LogP contribution in [0.1, 0.15) is 12.0 Å². The van der Waals surface area contributed by atoms with Crippen molar-refractivity contribution in [3.05, 3.63) is 40.2 Å². The maximum Gasteiger partial charge on any atom is 0.336 e. The molecule has 6 heteroatoms. The lowest BCUT2D eigenvalue weighted by atomic mass is 10.0. The summed E-state index contributed by atoms with van der Waals surface area (Å²) in [4.78, 5) is 14.5. The van der Waals surface area contributed by atoms with E-state index in [0.29, 0.717) is 22.6 Å². The number of hydrogen-bond donors (Lipinski definition) is 0. The molecule has 4 rings (SSSR count). The molecule has 2 atom stereocenters. The van der Waals surface area contributed by atoms with Crippen LogP contribution in [0.5, 0.6) is 5.75 Å². The van der Waals surface area contributed by atoms with Crippen molar-refractivity contribution in [2.24, 2.45) is 0 Å². The molecule has 1 aromatic carbocycles. The quantitative estimate of drug-likeness (QED) is 0.795. The van der Waals surface area contributed by atoms with E-state index in [0.717, 1.165) is 49.4 Å². The van der Waals surface area contributed by atoms with Gasteiger partial charge in [0.25, 0.3) is 0 Å². The molecule has 0 N–H and O–H groups in total. The van der Waals surface area contributed by atoms with E-state index in [1.54, 1.807) is 19.2 Å². The fourth-order valence-electron chi connectivity index (χ4n) is 3.65. The van der Waals surface area contributed by atoms with Gasteiger partial charge in [-0.3, -0.25) is 4.90 Å². The van der Waals surface area contributed by atoms with Gasteiger partial charge in [0.1, 0.15) is 11.3 Å². The largest absolute Gasteiger partial charge is 0.497 e. The summed E-state index contributed by atoms with van der Waals surface area (Å²) in [6, 6.07) is 7.83. The minimum atomic E-state index is -0.305. The van der Waals surface area contributed by atoms with Crippen LogP contribution in [0, 0.1) is 0 Å². The summed E-state index contributed by atoms with van der Waals surface area (Å²) in [7, 11) is 1.61. The fourth-order valence-corrected chi connectivity index (χ4v) is 5.01. The molecule has 0 radical (unpaired) electrons. The smallest absolute Gasteiger partial charge is 0.336 e. The lowest BCUT2D eigenvalue weighted by Gasteiger charge is -2.43. The first-order valence-corrected chi connectivity index (χ1v) is 9.33. The Hall–Kier alpha value is -1.50. The van der Waals surface area contributed by atoms with Crippen LogP contribution in [-0.2, 0) is 11.3 Å². The van der Waals surface area contributed by atoms with Crippen molar-refractivity contribution in [2.75, 3.05) is 32.6 Å². The SMILES string of the molecule is COc1ccc2c(CN3CCS[C@@H]4COCC[C@@H]43)cc(=O)oc2c1. The summed E-state index contributed by atoms with van der Waals surface area (Å²) in [5.41, 5.74) is 1.31. The van der Waals surface area contributed by atoms with Gasteiger partial charge in [0, 0.05) is 54.3 Å². The van der Waals surface area contributed by atoms with E-state index in [1.807, 2.05) is 23.9 Å². The minimum absolute atomic E-state index is 0.305. The van der Waals surface area contributed by atoms with E-state index >= 15 is 0 Å². The molecule has 24 heavy (non-hydrogen) atoms. The van der Waals surface area contributed by atoms with Gasteiger partial charge in [0.2, 0.25) is 0 Å². The standard InChI is InChI=1S/C18H21NO4S/c1-21-13-2-3-14-12(8-18(20)23-16(14)9-13)10-19-5-7-24-17-11-22-6-4-15(17)19/h2-3,8-9,15,17H,4-7,10-11H2,1H3/t15-,17+/m0/s1. The zero-order valence-corrected chi connectivity index (χ0v) is 14.5. The van der Waals surface area contributed by atoms with Crippen LogP contribution in [0.2, 0.25) is 0 Å². The van der Waals surface area contributed by atoms with E-state index < -0.39 is 0 Å². The average molecular weight is 347 g/mol. The summed E-state index contributed by atoms with van der Waals surface area (Å²) in [5, 5.41) is 1.52. The maximum atomic E-state index is 12.0. The summed E-state index contributed by atoms with van der Waals surface area (Å²) >= 11 is 2.01. The van der Waals surface area contributed by atoms with Gasteiger partial charge in [-0.15, -0.1) is 0 Å². The summed E-state index contributed by atoms with van der Waals surface area (Å²) < 4.78 is 16.2. The number of thioether (sulfide) groups is 1. The van der Waals surface area contributed by atoms with Gasteiger partial charge >= 0.3 is 5.63 Å². The molecule has 2 aliphatic rings. The van der Waals surface area contributed by atoms with Crippen molar-refractivity contribution in [3.8, 4) is 5.75 Å². The van der Waals surface area contributed by atoms with E-state index in [1.165, 1.54) is 0 Å². The van der Waals surface area contributed by atoms with Crippen LogP contribution in [0.4, 0.5) is 0 Å². The van der Waals surface area contributed by atoms with Crippen LogP contribution in [-0.4, -0.2) is 48.8 Å². The van der Waals surface area contributed by atoms with Crippen molar-refractivity contribution in [1.29, 1.82) is 0 Å². The average Bonchev–Trinajstić information content (AvgIpc) is 2.61. The third kappa shape index (κ3) is 3.06. The zero-order chi connectivity index (χ0) is 16.5. The Labute approximate surface area is 144 Å². The Kier molecular flexibility index (Phi) is 4.52. The molecule has 0 unspecified atom stereocenters. The van der Waals surface area contributed by atoms with Crippen molar-refractivity contribution >= 4 is 22.7 Å². The molecular formula is C18H21NO4S. The Bertz CT molecular complexity index is 788. The maximum absolute atomic E-state index is 12.0. The van der Waals surface area contributed by atoms with Gasteiger partial charge in [-0.25, -0.2) is 4.79 Å². The number of hydrogen-bond acceptors (Lipinski definition) is 6. The van der Waals surface area contributed by atoms with E-state index in [-0.39, 0.29) is 5.63 Å². The number of methoxy groups -OCH3 is 1. The van der Waals surface area contributed by atoms with Gasteiger partial charge in [-0.2, -0.15) is 11.8 Å². The molecular weight excluding hydrogens is 326 g/mol. The third-order valence-corrected chi connectivity index (χ3v) is 6.16. The molecule has 0 spiro atoms. The first-order valence-electron chi connectivity index (χ1n) is 8.29. The van der Waals surface area contributed by atoms with Crippen LogP contribution >= 0.6 is 11.8 Å². The normalized spacial score (nSPS) is 24.7. The first kappa shape index (κ1) is 16.0. The molecule has 0 aliphatic carbocycles. The Morgan fingerprint density at radius 2 is 2.29 bits per heavy atom. The van der Waals surface area contributed by atoms with Crippen molar-refractivity contribution in [3.63, 3.8) is 0 Å². The number of fused-ring (bicyclic) bond motifs is 2. The lowest BCUT2D eigenvalue weighted by Crippen LogP contribution is -2.51.